The summed E-state index contributed by atoms with van der Waals surface area (Å²) >= 11 is 0. The third-order valence-electron chi connectivity index (χ3n) is 3.47. The Labute approximate surface area is 120 Å². The highest BCUT2D eigenvalue weighted by atomic mass is 16.5. The van der Waals surface area contributed by atoms with E-state index in [1.807, 2.05) is 6.92 Å². The van der Waals surface area contributed by atoms with Crippen molar-refractivity contribution < 1.29 is 14.0 Å². The minimum absolute atomic E-state index is 0.0668. The molecular formula is C14H25N3O3. The maximum absolute atomic E-state index is 5.83. The van der Waals surface area contributed by atoms with E-state index in [9.17, 15) is 0 Å². The van der Waals surface area contributed by atoms with E-state index in [4.69, 9.17) is 14.0 Å². The smallest absolute Gasteiger partial charge is 0.229 e. The van der Waals surface area contributed by atoms with Crippen LogP contribution in [0.5, 0.6) is 0 Å². The predicted molar refractivity (Wildman–Crippen MR) is 74.5 cm³/mol. The molecule has 1 aromatic heterocycles. The summed E-state index contributed by atoms with van der Waals surface area (Å²) in [5, 5.41) is 7.32. The molecule has 1 saturated heterocycles. The molecule has 0 aliphatic carbocycles. The zero-order chi connectivity index (χ0) is 14.2. The molecule has 6 heteroatoms. The molecule has 0 saturated carbocycles. The second-order valence-electron chi connectivity index (χ2n) is 4.97. The minimum Gasteiger partial charge on any atom is -0.378 e. The molecule has 1 N–H and O–H groups in total. The Morgan fingerprint density at radius 3 is 2.85 bits per heavy atom. The number of hydrogen-bond donors (Lipinski definition) is 1. The lowest BCUT2D eigenvalue weighted by Gasteiger charge is -2.22. The maximum Gasteiger partial charge on any atom is 0.229 e. The molecule has 1 atom stereocenters. The Balaban J connectivity index is 1.74. The van der Waals surface area contributed by atoms with Crippen LogP contribution in [-0.4, -0.2) is 42.5 Å². The van der Waals surface area contributed by atoms with Gasteiger partial charge in [-0.3, -0.25) is 0 Å². The highest BCUT2D eigenvalue weighted by molar-refractivity contribution is 4.91. The Bertz CT molecular complexity index is 377. The highest BCUT2D eigenvalue weighted by Gasteiger charge is 2.17. The average Bonchev–Trinajstić information content (AvgIpc) is 2.94. The van der Waals surface area contributed by atoms with Crippen molar-refractivity contribution in [3.8, 4) is 0 Å². The van der Waals surface area contributed by atoms with Gasteiger partial charge in [-0.1, -0.05) is 12.1 Å². The van der Waals surface area contributed by atoms with Gasteiger partial charge in [0.1, 0.15) is 6.10 Å². The molecule has 1 aliphatic heterocycles. The number of nitrogens with one attached hydrogen (secondary N) is 1. The predicted octanol–water partition coefficient (Wildman–Crippen LogP) is 1.87. The summed E-state index contributed by atoms with van der Waals surface area (Å²) in [6.07, 6.45) is 3.97. The van der Waals surface area contributed by atoms with Gasteiger partial charge >= 0.3 is 0 Å². The lowest BCUT2D eigenvalue weighted by Crippen LogP contribution is -2.32. The fourth-order valence-corrected chi connectivity index (χ4v) is 2.35. The fraction of sp³-hybridized carbons (Fsp3) is 0.857. The molecule has 0 aromatic carbocycles. The van der Waals surface area contributed by atoms with Crippen molar-refractivity contribution in [3.05, 3.63) is 11.7 Å². The molecule has 2 heterocycles. The number of hydrogen-bond acceptors (Lipinski definition) is 6. The van der Waals surface area contributed by atoms with Crippen LogP contribution in [0.3, 0.4) is 0 Å². The van der Waals surface area contributed by atoms with E-state index in [0.717, 1.165) is 32.4 Å². The van der Waals surface area contributed by atoms with Crippen molar-refractivity contribution in [1.29, 1.82) is 0 Å². The highest BCUT2D eigenvalue weighted by Crippen LogP contribution is 2.18. The Morgan fingerprint density at radius 1 is 1.35 bits per heavy atom. The third-order valence-corrected chi connectivity index (χ3v) is 3.47. The van der Waals surface area contributed by atoms with E-state index in [2.05, 4.69) is 22.4 Å². The molecule has 1 aromatic rings. The molecule has 0 bridgehead atoms. The van der Waals surface area contributed by atoms with E-state index in [1.165, 1.54) is 0 Å². The number of aromatic nitrogens is 2. The van der Waals surface area contributed by atoms with Crippen LogP contribution in [0.25, 0.3) is 0 Å². The summed E-state index contributed by atoms with van der Waals surface area (Å²) in [7, 11) is 0. The maximum atomic E-state index is 5.83. The molecule has 2 rings (SSSR count). The summed E-state index contributed by atoms with van der Waals surface area (Å²) in [6.45, 7) is 7.40. The normalized spacial score (nSPS) is 18.3. The summed E-state index contributed by atoms with van der Waals surface area (Å²) in [4.78, 5) is 4.39. The summed E-state index contributed by atoms with van der Waals surface area (Å²) in [6, 6.07) is 0. The summed E-state index contributed by atoms with van der Waals surface area (Å²) in [5.41, 5.74) is 0. The van der Waals surface area contributed by atoms with Crippen LogP contribution in [0.15, 0.2) is 4.52 Å². The van der Waals surface area contributed by atoms with Gasteiger partial charge in [0, 0.05) is 6.61 Å². The molecular weight excluding hydrogens is 258 g/mol. The summed E-state index contributed by atoms with van der Waals surface area (Å²) < 4.78 is 16.6. The molecule has 1 aliphatic rings. The average molecular weight is 283 g/mol. The van der Waals surface area contributed by atoms with E-state index in [0.29, 0.717) is 37.5 Å². The van der Waals surface area contributed by atoms with Crippen LogP contribution in [-0.2, 0) is 15.9 Å². The first-order valence-corrected chi connectivity index (χ1v) is 7.59. The largest absolute Gasteiger partial charge is 0.378 e. The quantitative estimate of drug-likeness (QED) is 0.785. The molecule has 0 radical (unpaired) electrons. The van der Waals surface area contributed by atoms with Crippen molar-refractivity contribution >= 4 is 0 Å². The van der Waals surface area contributed by atoms with Crippen LogP contribution in [0.2, 0.25) is 0 Å². The van der Waals surface area contributed by atoms with E-state index < -0.39 is 0 Å². The van der Waals surface area contributed by atoms with Gasteiger partial charge in [0.05, 0.1) is 19.1 Å². The first-order valence-electron chi connectivity index (χ1n) is 7.59. The van der Waals surface area contributed by atoms with Crippen molar-refractivity contribution in [3.63, 3.8) is 0 Å². The standard InChI is InChI=1S/C14H25N3O3/c1-3-12(18-4-2)14-16-13(20-17-14)7-10-19-11-5-8-15-9-6-11/h11-12,15H,3-10H2,1-2H3. The number of nitrogens with zero attached hydrogens (tertiary/aromatic N) is 2. The zero-order valence-corrected chi connectivity index (χ0v) is 12.4. The number of rotatable bonds is 8. The first kappa shape index (κ1) is 15.4. The first-order chi connectivity index (χ1) is 9.83. The van der Waals surface area contributed by atoms with Gasteiger partial charge in [-0.05, 0) is 39.3 Å². The van der Waals surface area contributed by atoms with Crippen molar-refractivity contribution in [2.45, 2.75) is 51.7 Å². The molecule has 1 unspecified atom stereocenters. The molecule has 20 heavy (non-hydrogen) atoms. The van der Waals surface area contributed by atoms with Gasteiger partial charge in [0.15, 0.2) is 0 Å². The van der Waals surface area contributed by atoms with E-state index in [1.54, 1.807) is 0 Å². The number of ether oxygens (including phenoxy) is 2. The Morgan fingerprint density at radius 2 is 2.15 bits per heavy atom. The monoisotopic (exact) mass is 283 g/mol. The third kappa shape index (κ3) is 4.54. The van der Waals surface area contributed by atoms with Gasteiger partial charge in [-0.25, -0.2) is 0 Å². The Hall–Kier alpha value is -0.980. The molecule has 114 valence electrons. The molecule has 0 spiro atoms. The van der Waals surface area contributed by atoms with Crippen molar-refractivity contribution in [2.24, 2.45) is 0 Å². The van der Waals surface area contributed by atoms with Crippen molar-refractivity contribution in [2.75, 3.05) is 26.3 Å². The Kier molecular flexibility index (Phi) is 6.42. The van der Waals surface area contributed by atoms with Crippen LogP contribution in [0, 0.1) is 0 Å². The van der Waals surface area contributed by atoms with Crippen LogP contribution in [0.1, 0.15) is 50.9 Å². The van der Waals surface area contributed by atoms with Crippen LogP contribution < -0.4 is 5.32 Å². The van der Waals surface area contributed by atoms with Gasteiger partial charge in [-0.15, -0.1) is 0 Å². The van der Waals surface area contributed by atoms with Gasteiger partial charge in [0.25, 0.3) is 0 Å². The fourth-order valence-electron chi connectivity index (χ4n) is 2.35. The van der Waals surface area contributed by atoms with Crippen LogP contribution in [0.4, 0.5) is 0 Å². The topological polar surface area (TPSA) is 69.4 Å². The SMILES string of the molecule is CCOC(CC)c1noc(CCOC2CCNCC2)n1. The number of piperidine rings is 1. The van der Waals surface area contributed by atoms with Gasteiger partial charge in [-0.2, -0.15) is 4.98 Å². The van der Waals surface area contributed by atoms with E-state index >= 15 is 0 Å². The lowest BCUT2D eigenvalue weighted by molar-refractivity contribution is 0.0322. The molecule has 0 amide bonds. The summed E-state index contributed by atoms with van der Waals surface area (Å²) in [5.74, 6) is 1.28. The minimum atomic E-state index is -0.0668. The zero-order valence-electron chi connectivity index (χ0n) is 12.4. The van der Waals surface area contributed by atoms with Crippen molar-refractivity contribution in [1.82, 2.24) is 15.5 Å². The van der Waals surface area contributed by atoms with Gasteiger partial charge < -0.3 is 19.3 Å². The lowest BCUT2D eigenvalue weighted by atomic mass is 10.1. The molecule has 6 nitrogen and oxygen atoms in total. The second-order valence-corrected chi connectivity index (χ2v) is 4.97. The van der Waals surface area contributed by atoms with E-state index in [-0.39, 0.29) is 6.10 Å². The molecule has 1 fully saturated rings. The second kappa shape index (κ2) is 8.34. The van der Waals surface area contributed by atoms with Gasteiger partial charge in [0.2, 0.25) is 11.7 Å². The van der Waals surface area contributed by atoms with Crippen LogP contribution >= 0.6 is 0 Å².